The second kappa shape index (κ2) is 11.9. The summed E-state index contributed by atoms with van der Waals surface area (Å²) < 4.78 is 0. The van der Waals surface area contributed by atoms with Gasteiger partial charge in [0.05, 0.1) is 11.1 Å². The van der Waals surface area contributed by atoms with Crippen molar-refractivity contribution in [3.05, 3.63) is 196 Å². The molecule has 0 fully saturated rings. The molecule has 2 aliphatic carbocycles. The molecular weight excluding hydrogens is 631 g/mol. The average molecular weight is 658 g/mol. The molecule has 0 aliphatic heterocycles. The molecule has 2 aliphatic rings. The number of fused-ring (bicyclic) bond motifs is 4. The van der Waals surface area contributed by atoms with Crippen LogP contribution in [0.1, 0.15) is 52.6 Å². The third-order valence-corrected chi connectivity index (χ3v) is 9.67. The van der Waals surface area contributed by atoms with Gasteiger partial charge in [0, 0.05) is 39.3 Å². The summed E-state index contributed by atoms with van der Waals surface area (Å²) in [4.78, 5) is 55.5. The molecule has 240 valence electrons. The van der Waals surface area contributed by atoms with Crippen LogP contribution in [0.25, 0.3) is 33.7 Å². The number of carbonyl (C=O) groups excluding carboxylic acids is 4. The molecule has 9 rings (SSSR count). The summed E-state index contributed by atoms with van der Waals surface area (Å²) in [6.07, 6.45) is 3.33. The van der Waals surface area contributed by atoms with Crippen molar-refractivity contribution in [1.29, 1.82) is 0 Å². The van der Waals surface area contributed by atoms with E-state index in [9.17, 15) is 19.2 Å². The second-order valence-corrected chi connectivity index (χ2v) is 12.8. The SMILES string of the molecule is O=C1C(=Cc2ccc(N(c3ccccc3)c3ccc(C=C4C(=O)c5cc6ccccc6cc5C4=O)cc3)cc2)C(=O)c2cc3ccccc3cc21. The van der Waals surface area contributed by atoms with Crippen LogP contribution in [0.3, 0.4) is 0 Å². The van der Waals surface area contributed by atoms with Gasteiger partial charge < -0.3 is 4.90 Å². The zero-order valence-corrected chi connectivity index (χ0v) is 27.2. The van der Waals surface area contributed by atoms with Gasteiger partial charge in [-0.1, -0.05) is 91.0 Å². The van der Waals surface area contributed by atoms with Gasteiger partial charge in [-0.25, -0.2) is 0 Å². The highest BCUT2D eigenvalue weighted by atomic mass is 16.2. The van der Waals surface area contributed by atoms with E-state index >= 15 is 0 Å². The minimum Gasteiger partial charge on any atom is -0.311 e. The van der Waals surface area contributed by atoms with Crippen molar-refractivity contribution in [1.82, 2.24) is 0 Å². The van der Waals surface area contributed by atoms with Crippen molar-refractivity contribution in [2.75, 3.05) is 4.90 Å². The molecule has 5 nitrogen and oxygen atoms in total. The second-order valence-electron chi connectivity index (χ2n) is 12.8. The highest BCUT2D eigenvalue weighted by Gasteiger charge is 2.34. The number of nitrogens with zero attached hydrogens (tertiary/aromatic N) is 1. The fourth-order valence-electron chi connectivity index (χ4n) is 7.08. The number of hydrogen-bond donors (Lipinski definition) is 0. The Kier molecular flexibility index (Phi) is 7.00. The molecule has 0 unspecified atom stereocenters. The topological polar surface area (TPSA) is 71.5 Å². The Morgan fingerprint density at radius 1 is 0.333 bits per heavy atom. The van der Waals surface area contributed by atoms with Crippen LogP contribution in [0.5, 0.6) is 0 Å². The van der Waals surface area contributed by atoms with Crippen LogP contribution in [0.2, 0.25) is 0 Å². The standard InChI is InChI=1S/C46H27NO4/c48-43-37-24-30-8-4-5-9-31(30)25-38(37)44(49)41(43)22-28-14-18-35(19-15-28)47(34-12-2-1-3-13-34)36-20-16-29(17-21-36)23-42-45(50)39-26-32-10-6-7-11-33(32)27-40(39)46(42)51/h1-27H. The summed E-state index contributed by atoms with van der Waals surface area (Å²) in [6.45, 7) is 0. The summed E-state index contributed by atoms with van der Waals surface area (Å²) in [5, 5.41) is 3.70. The Hall–Kier alpha value is -6.98. The van der Waals surface area contributed by atoms with Crippen molar-refractivity contribution in [3.63, 3.8) is 0 Å². The number of allylic oxidation sites excluding steroid dienone is 2. The highest BCUT2D eigenvalue weighted by Crippen LogP contribution is 2.37. The Labute approximate surface area is 293 Å². The molecule has 0 spiro atoms. The highest BCUT2D eigenvalue weighted by molar-refractivity contribution is 6.42. The van der Waals surface area contributed by atoms with Gasteiger partial charge in [-0.2, -0.15) is 0 Å². The number of benzene rings is 7. The first-order valence-electron chi connectivity index (χ1n) is 16.7. The predicted octanol–water partition coefficient (Wildman–Crippen LogP) is 10.4. The first kappa shape index (κ1) is 30.1. The zero-order valence-electron chi connectivity index (χ0n) is 27.2. The molecule has 0 heterocycles. The van der Waals surface area contributed by atoms with Gasteiger partial charge in [0.2, 0.25) is 0 Å². The Morgan fingerprint density at radius 3 is 0.961 bits per heavy atom. The number of para-hydroxylation sites is 1. The summed E-state index contributed by atoms with van der Waals surface area (Å²) in [5.41, 5.74) is 6.24. The van der Waals surface area contributed by atoms with Crippen LogP contribution in [0.15, 0.2) is 163 Å². The van der Waals surface area contributed by atoms with Crippen molar-refractivity contribution >= 4 is 73.9 Å². The third kappa shape index (κ3) is 5.11. The Balaban J connectivity index is 1.01. The normalized spacial score (nSPS) is 13.6. The van der Waals surface area contributed by atoms with Gasteiger partial charge in [0.15, 0.2) is 23.1 Å². The molecule has 51 heavy (non-hydrogen) atoms. The molecule has 0 bridgehead atoms. The van der Waals surface area contributed by atoms with Crippen molar-refractivity contribution in [3.8, 4) is 0 Å². The third-order valence-electron chi connectivity index (χ3n) is 9.67. The molecule has 5 heteroatoms. The predicted molar refractivity (Wildman–Crippen MR) is 202 cm³/mol. The molecule has 7 aromatic carbocycles. The quantitative estimate of drug-likeness (QED) is 0.136. The molecule has 0 N–H and O–H groups in total. The van der Waals surface area contributed by atoms with Crippen LogP contribution < -0.4 is 4.90 Å². The van der Waals surface area contributed by atoms with Crippen LogP contribution in [0, 0.1) is 0 Å². The van der Waals surface area contributed by atoms with Crippen LogP contribution in [-0.4, -0.2) is 23.1 Å². The maximum atomic E-state index is 13.3. The first-order chi connectivity index (χ1) is 24.9. The van der Waals surface area contributed by atoms with Gasteiger partial charge in [-0.15, -0.1) is 0 Å². The Morgan fingerprint density at radius 2 is 0.627 bits per heavy atom. The van der Waals surface area contributed by atoms with Crippen molar-refractivity contribution < 1.29 is 19.2 Å². The average Bonchev–Trinajstić information content (AvgIpc) is 3.53. The van der Waals surface area contributed by atoms with E-state index < -0.39 is 0 Å². The molecule has 0 aromatic heterocycles. The van der Waals surface area contributed by atoms with E-state index in [1.807, 2.05) is 127 Å². The summed E-state index contributed by atoms with van der Waals surface area (Å²) in [7, 11) is 0. The number of carbonyl (C=O) groups is 4. The van der Waals surface area contributed by atoms with Gasteiger partial charge in [-0.3, -0.25) is 19.2 Å². The number of anilines is 3. The van der Waals surface area contributed by atoms with Gasteiger partial charge in [0.1, 0.15) is 0 Å². The lowest BCUT2D eigenvalue weighted by molar-refractivity contribution is 0.0975. The minimum absolute atomic E-state index is 0.160. The number of ketones is 4. The lowest BCUT2D eigenvalue weighted by atomic mass is 10.0. The maximum absolute atomic E-state index is 13.3. The smallest absolute Gasteiger partial charge is 0.197 e. The van der Waals surface area contributed by atoms with E-state index in [4.69, 9.17) is 0 Å². The minimum atomic E-state index is -0.260. The first-order valence-corrected chi connectivity index (χ1v) is 16.7. The number of hydrogen-bond acceptors (Lipinski definition) is 5. The summed E-state index contributed by atoms with van der Waals surface area (Å²) in [5.74, 6) is -1.04. The van der Waals surface area contributed by atoms with E-state index in [0.29, 0.717) is 22.3 Å². The molecule has 0 atom stereocenters. The fourth-order valence-corrected chi connectivity index (χ4v) is 7.08. The van der Waals surface area contributed by atoms with E-state index in [-0.39, 0.29) is 34.3 Å². The largest absolute Gasteiger partial charge is 0.311 e. The van der Waals surface area contributed by atoms with Crippen LogP contribution in [0.4, 0.5) is 17.1 Å². The number of rotatable bonds is 5. The lowest BCUT2D eigenvalue weighted by Crippen LogP contribution is -2.09. The lowest BCUT2D eigenvalue weighted by Gasteiger charge is -2.25. The number of Topliss-reactive ketones (excluding diaryl/α,β-unsaturated/α-hetero) is 4. The molecule has 0 saturated heterocycles. The van der Waals surface area contributed by atoms with Crippen molar-refractivity contribution in [2.24, 2.45) is 0 Å². The maximum Gasteiger partial charge on any atom is 0.197 e. The molecular formula is C46H27NO4. The molecule has 0 radical (unpaired) electrons. The molecule has 7 aromatic rings. The van der Waals surface area contributed by atoms with Crippen LogP contribution >= 0.6 is 0 Å². The summed E-state index contributed by atoms with van der Waals surface area (Å²) in [6, 6.07) is 48.0. The van der Waals surface area contributed by atoms with E-state index in [1.54, 1.807) is 36.4 Å². The summed E-state index contributed by atoms with van der Waals surface area (Å²) >= 11 is 0. The van der Waals surface area contributed by atoms with Crippen LogP contribution in [-0.2, 0) is 0 Å². The van der Waals surface area contributed by atoms with Gasteiger partial charge in [-0.05, 0) is 105 Å². The fraction of sp³-hybridized carbons (Fsp3) is 0. The van der Waals surface area contributed by atoms with E-state index in [0.717, 1.165) is 49.7 Å². The molecule has 0 saturated carbocycles. The van der Waals surface area contributed by atoms with Gasteiger partial charge in [0.25, 0.3) is 0 Å². The monoisotopic (exact) mass is 657 g/mol. The zero-order chi connectivity index (χ0) is 34.6. The van der Waals surface area contributed by atoms with E-state index in [1.165, 1.54) is 0 Å². The van der Waals surface area contributed by atoms with Gasteiger partial charge >= 0.3 is 0 Å². The van der Waals surface area contributed by atoms with Crippen molar-refractivity contribution in [2.45, 2.75) is 0 Å². The Bertz CT molecular complexity index is 2400. The van der Waals surface area contributed by atoms with E-state index in [2.05, 4.69) is 4.90 Å². The molecule has 0 amide bonds.